The second kappa shape index (κ2) is 9.80. The van der Waals surface area contributed by atoms with Gasteiger partial charge >= 0.3 is 5.16 Å². The average Bonchev–Trinajstić information content (AvgIpc) is 3.23. The lowest BCUT2D eigenvalue weighted by Crippen LogP contribution is -2.25. The zero-order valence-electron chi connectivity index (χ0n) is 16.8. The summed E-state index contributed by atoms with van der Waals surface area (Å²) in [5.41, 5.74) is 3.26. The molecule has 0 spiro atoms. The fraction of sp³-hybridized carbons (Fsp3) is 0.286. The van der Waals surface area contributed by atoms with E-state index in [-0.39, 0.29) is 5.75 Å². The van der Waals surface area contributed by atoms with Crippen LogP contribution in [0.5, 0.6) is 11.5 Å². The van der Waals surface area contributed by atoms with Crippen molar-refractivity contribution in [2.75, 3.05) is 34.2 Å². The van der Waals surface area contributed by atoms with Gasteiger partial charge in [-0.3, -0.25) is 4.98 Å². The number of nitrogens with one attached hydrogen (secondary N) is 1. The molecule has 3 aromatic rings. The molecule has 0 saturated heterocycles. The van der Waals surface area contributed by atoms with Gasteiger partial charge in [0.1, 0.15) is 17.2 Å². The van der Waals surface area contributed by atoms with E-state index < -0.39 is 17.5 Å². The summed E-state index contributed by atoms with van der Waals surface area (Å²) in [6.45, 7) is 0. The molecule has 3 rings (SSSR count). The second-order valence-electron chi connectivity index (χ2n) is 6.14. The summed E-state index contributed by atoms with van der Waals surface area (Å²) in [5.74, 6) is 1.68. The van der Waals surface area contributed by atoms with Crippen molar-refractivity contribution in [2.45, 2.75) is 11.4 Å². The van der Waals surface area contributed by atoms with E-state index in [2.05, 4.69) is 9.97 Å². The quantitative estimate of drug-likeness (QED) is 0.424. The van der Waals surface area contributed by atoms with Gasteiger partial charge in [0, 0.05) is 36.5 Å². The van der Waals surface area contributed by atoms with Gasteiger partial charge < -0.3 is 23.5 Å². The van der Waals surface area contributed by atoms with E-state index in [1.165, 1.54) is 14.2 Å². The van der Waals surface area contributed by atoms with Crippen LogP contribution in [0.15, 0.2) is 53.7 Å². The Morgan fingerprint density at radius 2 is 1.38 bits per heavy atom. The molecule has 1 aromatic heterocycles. The third-order valence-electron chi connectivity index (χ3n) is 4.45. The number of nitrogens with zero attached hydrogens (tertiary/aromatic N) is 1. The number of methoxy groups -OCH3 is 4. The Labute approximate surface area is 173 Å². The van der Waals surface area contributed by atoms with E-state index in [1.807, 2.05) is 48.5 Å². The van der Waals surface area contributed by atoms with Gasteiger partial charge in [0.25, 0.3) is 0 Å². The van der Waals surface area contributed by atoms with Gasteiger partial charge in [-0.2, -0.15) is 4.98 Å². The minimum atomic E-state index is -1.43. The van der Waals surface area contributed by atoms with Crippen LogP contribution in [0.3, 0.4) is 0 Å². The highest BCUT2D eigenvalue weighted by atomic mass is 32.2. The summed E-state index contributed by atoms with van der Waals surface area (Å²) >= 11 is -1.43. The summed E-state index contributed by atoms with van der Waals surface area (Å²) in [7, 11) is 6.27. The number of rotatable bonds is 9. The molecule has 7 nitrogen and oxygen atoms in total. The molecule has 1 heterocycles. The van der Waals surface area contributed by atoms with Crippen LogP contribution >= 0.6 is 0 Å². The van der Waals surface area contributed by atoms with E-state index in [0.717, 1.165) is 28.3 Å². The predicted molar refractivity (Wildman–Crippen MR) is 112 cm³/mol. The Morgan fingerprint density at radius 3 is 1.86 bits per heavy atom. The minimum absolute atomic E-state index is 0.171. The number of hydrogen-bond acceptors (Lipinski definition) is 6. The third-order valence-corrected chi connectivity index (χ3v) is 5.65. The van der Waals surface area contributed by atoms with Crippen molar-refractivity contribution in [3.05, 3.63) is 48.5 Å². The molecule has 154 valence electrons. The monoisotopic (exact) mass is 416 g/mol. The first-order valence-corrected chi connectivity index (χ1v) is 10.2. The van der Waals surface area contributed by atoms with Crippen LogP contribution in [0.1, 0.15) is 0 Å². The smallest absolute Gasteiger partial charge is 0.321 e. The summed E-state index contributed by atoms with van der Waals surface area (Å²) in [6.07, 6.45) is -0.574. The topological polar surface area (TPSA) is 88.7 Å². The average molecular weight is 416 g/mol. The number of aromatic nitrogens is 2. The Balaban J connectivity index is 2.02. The van der Waals surface area contributed by atoms with E-state index in [1.54, 1.807) is 14.2 Å². The molecule has 1 N–H and O–H groups in total. The lowest BCUT2D eigenvalue weighted by atomic mass is 10.0. The minimum Gasteiger partial charge on any atom is -0.609 e. The molecule has 0 bridgehead atoms. The van der Waals surface area contributed by atoms with Crippen molar-refractivity contribution >= 4 is 11.2 Å². The Bertz CT molecular complexity index is 843. The molecule has 0 aliphatic heterocycles. The maximum Gasteiger partial charge on any atom is 0.321 e. The summed E-state index contributed by atoms with van der Waals surface area (Å²) in [4.78, 5) is 7.86. The van der Waals surface area contributed by atoms with Gasteiger partial charge in [-0.15, -0.1) is 0 Å². The molecule has 29 heavy (non-hydrogen) atoms. The van der Waals surface area contributed by atoms with Crippen molar-refractivity contribution in [1.29, 1.82) is 0 Å². The molecule has 0 aliphatic rings. The third kappa shape index (κ3) is 4.91. The Hall–Kier alpha value is -2.52. The molecule has 0 amide bonds. The maximum absolute atomic E-state index is 12.8. The van der Waals surface area contributed by atoms with Gasteiger partial charge in [-0.25, -0.2) is 0 Å². The first-order valence-electron chi connectivity index (χ1n) is 8.92. The molecule has 8 heteroatoms. The van der Waals surface area contributed by atoms with Crippen LogP contribution in [0.4, 0.5) is 0 Å². The number of ether oxygens (including phenoxy) is 4. The van der Waals surface area contributed by atoms with Gasteiger partial charge in [0.2, 0.25) is 6.29 Å². The van der Waals surface area contributed by atoms with Crippen LogP contribution in [-0.2, 0) is 20.6 Å². The molecule has 0 saturated carbocycles. The van der Waals surface area contributed by atoms with Crippen molar-refractivity contribution in [1.82, 2.24) is 9.97 Å². The second-order valence-corrected chi connectivity index (χ2v) is 7.55. The van der Waals surface area contributed by atoms with Crippen LogP contribution < -0.4 is 9.47 Å². The van der Waals surface area contributed by atoms with Gasteiger partial charge in [0.15, 0.2) is 5.75 Å². The van der Waals surface area contributed by atoms with Crippen molar-refractivity contribution in [2.24, 2.45) is 0 Å². The van der Waals surface area contributed by atoms with Crippen molar-refractivity contribution < 1.29 is 23.5 Å². The molecule has 0 radical (unpaired) electrons. The zero-order valence-corrected chi connectivity index (χ0v) is 17.6. The molecule has 0 fully saturated rings. The molecular weight excluding hydrogens is 392 g/mol. The fourth-order valence-corrected chi connectivity index (χ4v) is 3.90. The summed E-state index contributed by atoms with van der Waals surface area (Å²) in [6, 6.07) is 15.2. The van der Waals surface area contributed by atoms with Gasteiger partial charge in [0.05, 0.1) is 19.9 Å². The first kappa shape index (κ1) is 21.2. The Morgan fingerprint density at radius 1 is 0.862 bits per heavy atom. The highest BCUT2D eigenvalue weighted by Crippen LogP contribution is 2.33. The zero-order chi connectivity index (χ0) is 20.8. The highest BCUT2D eigenvalue weighted by molar-refractivity contribution is 7.91. The van der Waals surface area contributed by atoms with E-state index in [0.29, 0.717) is 10.9 Å². The molecule has 1 atom stereocenters. The molecular formula is C21H24N2O5S. The lowest BCUT2D eigenvalue weighted by molar-refractivity contribution is -0.0852. The van der Waals surface area contributed by atoms with Crippen LogP contribution in [0.25, 0.3) is 22.5 Å². The van der Waals surface area contributed by atoms with Crippen LogP contribution in [0, 0.1) is 0 Å². The van der Waals surface area contributed by atoms with Gasteiger partial charge in [-0.1, -0.05) is 0 Å². The lowest BCUT2D eigenvalue weighted by Gasteiger charge is -2.14. The van der Waals surface area contributed by atoms with Gasteiger partial charge in [-0.05, 0) is 48.5 Å². The van der Waals surface area contributed by atoms with Crippen LogP contribution in [0.2, 0.25) is 0 Å². The number of aromatic amines is 1. The van der Waals surface area contributed by atoms with E-state index in [9.17, 15) is 4.55 Å². The maximum atomic E-state index is 12.8. The van der Waals surface area contributed by atoms with Crippen molar-refractivity contribution in [3.8, 4) is 34.0 Å². The first-order chi connectivity index (χ1) is 14.1. The summed E-state index contributed by atoms with van der Waals surface area (Å²) < 4.78 is 33.6. The van der Waals surface area contributed by atoms with E-state index >= 15 is 0 Å². The molecule has 0 aliphatic carbocycles. The number of hydrogen-bond donors (Lipinski definition) is 1. The molecule has 2 aromatic carbocycles. The van der Waals surface area contributed by atoms with Crippen LogP contribution in [-0.4, -0.2) is 55.0 Å². The van der Waals surface area contributed by atoms with Crippen molar-refractivity contribution in [3.63, 3.8) is 0 Å². The molecule has 1 unspecified atom stereocenters. The highest BCUT2D eigenvalue weighted by Gasteiger charge is 2.25. The largest absolute Gasteiger partial charge is 0.609 e. The number of imidazole rings is 1. The van der Waals surface area contributed by atoms with E-state index in [4.69, 9.17) is 18.9 Å². The SMILES string of the molecule is COc1ccc(-c2nc([S+]([O-])CC(OC)OC)[nH]c2-c2ccc(OC)cc2)cc1. The summed E-state index contributed by atoms with van der Waals surface area (Å²) in [5, 5.41) is 0.362. The Kier molecular flexibility index (Phi) is 7.16. The standard InChI is InChI=1S/C21H24N2O5S/c1-25-16-9-5-14(6-10-16)19-20(15-7-11-17(26-2)12-8-15)23-21(22-19)29(24)13-18(27-3)28-4/h5-12,18H,13H2,1-4H3,(H,22,23). The normalized spacial score (nSPS) is 12.2. The predicted octanol–water partition coefficient (Wildman–Crippen LogP) is 3.49. The number of H-pyrrole nitrogens is 1. The number of benzene rings is 2. The fourth-order valence-electron chi connectivity index (χ4n) is 2.82.